The van der Waals surface area contributed by atoms with Crippen molar-refractivity contribution >= 4 is 5.91 Å². The molecule has 3 nitrogen and oxygen atoms in total. The second-order valence-electron chi connectivity index (χ2n) is 3.55. The van der Waals surface area contributed by atoms with Crippen molar-refractivity contribution in [1.82, 2.24) is 5.32 Å². The largest absolute Gasteiger partial charge is 0.356 e. The Kier molecular flexibility index (Phi) is 4.84. The molecule has 1 aromatic rings. The molecule has 0 atom stereocenters. The summed E-state index contributed by atoms with van der Waals surface area (Å²) in [4.78, 5) is 11.4. The quantitative estimate of drug-likeness (QED) is 0.761. The van der Waals surface area contributed by atoms with Crippen LogP contribution in [0.15, 0.2) is 24.3 Å². The van der Waals surface area contributed by atoms with Crippen molar-refractivity contribution in [2.75, 3.05) is 6.54 Å². The molecule has 0 bridgehead atoms. The molecule has 3 N–H and O–H groups in total. The van der Waals surface area contributed by atoms with Crippen molar-refractivity contribution in [3.63, 3.8) is 0 Å². The third-order valence-corrected chi connectivity index (χ3v) is 2.16. The fourth-order valence-electron chi connectivity index (χ4n) is 1.38. The lowest BCUT2D eigenvalue weighted by atomic mass is 10.1. The molecule has 0 aromatic heterocycles. The maximum absolute atomic E-state index is 11.4. The molecular weight excluding hydrogens is 188 g/mol. The van der Waals surface area contributed by atoms with Crippen molar-refractivity contribution in [2.45, 2.75) is 26.3 Å². The lowest BCUT2D eigenvalue weighted by Gasteiger charge is -2.04. The summed E-state index contributed by atoms with van der Waals surface area (Å²) in [6.45, 7) is 3.30. The molecule has 15 heavy (non-hydrogen) atoms. The van der Waals surface area contributed by atoms with Gasteiger partial charge in [-0.3, -0.25) is 4.79 Å². The zero-order chi connectivity index (χ0) is 11.1. The van der Waals surface area contributed by atoms with E-state index in [0.717, 1.165) is 24.1 Å². The summed E-state index contributed by atoms with van der Waals surface area (Å²) in [5, 5.41) is 2.85. The topological polar surface area (TPSA) is 55.1 Å². The SMILES string of the molecule is CCCNC(=O)Cc1cccc(CN)c1. The maximum atomic E-state index is 11.4. The number of benzene rings is 1. The second kappa shape index (κ2) is 6.19. The van der Waals surface area contributed by atoms with E-state index in [1.54, 1.807) is 0 Å². The summed E-state index contributed by atoms with van der Waals surface area (Å²) in [5.41, 5.74) is 7.61. The minimum Gasteiger partial charge on any atom is -0.356 e. The van der Waals surface area contributed by atoms with Crippen LogP contribution >= 0.6 is 0 Å². The molecule has 0 saturated heterocycles. The Morgan fingerprint density at radius 1 is 1.40 bits per heavy atom. The highest BCUT2D eigenvalue weighted by Gasteiger charge is 2.02. The summed E-state index contributed by atoms with van der Waals surface area (Å²) in [5.74, 6) is 0.0750. The average molecular weight is 206 g/mol. The standard InChI is InChI=1S/C12H18N2O/c1-2-6-14-12(15)8-10-4-3-5-11(7-10)9-13/h3-5,7H,2,6,8-9,13H2,1H3,(H,14,15). The number of hydrogen-bond acceptors (Lipinski definition) is 2. The van der Waals surface area contributed by atoms with Crippen molar-refractivity contribution in [2.24, 2.45) is 5.73 Å². The number of nitrogens with one attached hydrogen (secondary N) is 1. The van der Waals surface area contributed by atoms with Gasteiger partial charge in [-0.2, -0.15) is 0 Å². The predicted octanol–water partition coefficient (Wildman–Crippen LogP) is 1.21. The number of hydrogen-bond donors (Lipinski definition) is 2. The Hall–Kier alpha value is -1.35. The van der Waals surface area contributed by atoms with E-state index in [-0.39, 0.29) is 5.91 Å². The predicted molar refractivity (Wildman–Crippen MR) is 61.3 cm³/mol. The van der Waals surface area contributed by atoms with E-state index in [9.17, 15) is 4.79 Å². The van der Waals surface area contributed by atoms with Crippen molar-refractivity contribution in [1.29, 1.82) is 0 Å². The van der Waals surface area contributed by atoms with Crippen LogP contribution < -0.4 is 11.1 Å². The minimum absolute atomic E-state index is 0.0750. The van der Waals surface area contributed by atoms with Gasteiger partial charge in [0.2, 0.25) is 5.91 Å². The van der Waals surface area contributed by atoms with Crippen molar-refractivity contribution in [3.8, 4) is 0 Å². The molecule has 0 fully saturated rings. The number of carbonyl (C=O) groups excluding carboxylic acids is 1. The Morgan fingerprint density at radius 2 is 2.13 bits per heavy atom. The molecule has 0 saturated carbocycles. The van der Waals surface area contributed by atoms with E-state index < -0.39 is 0 Å². The third-order valence-electron chi connectivity index (χ3n) is 2.16. The summed E-state index contributed by atoms with van der Waals surface area (Å²) >= 11 is 0. The first-order valence-corrected chi connectivity index (χ1v) is 5.31. The van der Waals surface area contributed by atoms with Crippen LogP contribution in [0.2, 0.25) is 0 Å². The molecule has 82 valence electrons. The molecule has 0 heterocycles. The van der Waals surface area contributed by atoms with Gasteiger partial charge in [-0.1, -0.05) is 31.2 Å². The summed E-state index contributed by atoms with van der Waals surface area (Å²) in [6, 6.07) is 7.83. The maximum Gasteiger partial charge on any atom is 0.224 e. The Morgan fingerprint density at radius 3 is 2.80 bits per heavy atom. The van der Waals surface area contributed by atoms with Gasteiger partial charge in [0.05, 0.1) is 6.42 Å². The van der Waals surface area contributed by atoms with Gasteiger partial charge in [-0.15, -0.1) is 0 Å². The second-order valence-corrected chi connectivity index (χ2v) is 3.55. The van der Waals surface area contributed by atoms with E-state index in [2.05, 4.69) is 5.32 Å². The molecule has 0 spiro atoms. The highest BCUT2D eigenvalue weighted by atomic mass is 16.1. The van der Waals surface area contributed by atoms with E-state index in [0.29, 0.717) is 13.0 Å². The van der Waals surface area contributed by atoms with Crippen LogP contribution in [0.5, 0.6) is 0 Å². The summed E-state index contributed by atoms with van der Waals surface area (Å²) in [6.07, 6.45) is 1.41. The van der Waals surface area contributed by atoms with Gasteiger partial charge >= 0.3 is 0 Å². The van der Waals surface area contributed by atoms with Gasteiger partial charge in [-0.25, -0.2) is 0 Å². The zero-order valence-corrected chi connectivity index (χ0v) is 9.12. The number of carbonyl (C=O) groups is 1. The lowest BCUT2D eigenvalue weighted by molar-refractivity contribution is -0.120. The van der Waals surface area contributed by atoms with E-state index in [4.69, 9.17) is 5.73 Å². The average Bonchev–Trinajstić information content (AvgIpc) is 2.26. The molecule has 0 aliphatic rings. The summed E-state index contributed by atoms with van der Waals surface area (Å²) in [7, 11) is 0. The highest BCUT2D eigenvalue weighted by Crippen LogP contribution is 2.05. The van der Waals surface area contributed by atoms with Crippen LogP contribution in [0.4, 0.5) is 0 Å². The zero-order valence-electron chi connectivity index (χ0n) is 9.12. The fraction of sp³-hybridized carbons (Fsp3) is 0.417. The Labute approximate surface area is 90.7 Å². The number of nitrogens with two attached hydrogens (primary N) is 1. The van der Waals surface area contributed by atoms with Gasteiger partial charge in [0, 0.05) is 13.1 Å². The van der Waals surface area contributed by atoms with Gasteiger partial charge < -0.3 is 11.1 Å². The first-order valence-electron chi connectivity index (χ1n) is 5.31. The Bertz CT molecular complexity index is 323. The monoisotopic (exact) mass is 206 g/mol. The smallest absolute Gasteiger partial charge is 0.224 e. The molecule has 0 unspecified atom stereocenters. The third kappa shape index (κ3) is 4.13. The van der Waals surface area contributed by atoms with E-state index >= 15 is 0 Å². The van der Waals surface area contributed by atoms with Crippen LogP contribution in [0.25, 0.3) is 0 Å². The molecular formula is C12H18N2O. The molecule has 1 aromatic carbocycles. The van der Waals surface area contributed by atoms with Gasteiger partial charge in [0.25, 0.3) is 0 Å². The summed E-state index contributed by atoms with van der Waals surface area (Å²) < 4.78 is 0. The first kappa shape index (κ1) is 11.7. The van der Waals surface area contributed by atoms with Crippen LogP contribution in [-0.2, 0) is 17.8 Å². The van der Waals surface area contributed by atoms with Gasteiger partial charge in [0.1, 0.15) is 0 Å². The van der Waals surface area contributed by atoms with Crippen molar-refractivity contribution < 1.29 is 4.79 Å². The van der Waals surface area contributed by atoms with Gasteiger partial charge in [-0.05, 0) is 17.5 Å². The lowest BCUT2D eigenvalue weighted by Crippen LogP contribution is -2.25. The number of rotatable bonds is 5. The molecule has 0 aliphatic carbocycles. The fourth-order valence-corrected chi connectivity index (χ4v) is 1.38. The first-order chi connectivity index (χ1) is 7.26. The highest BCUT2D eigenvalue weighted by molar-refractivity contribution is 5.78. The van der Waals surface area contributed by atoms with Crippen LogP contribution in [0.3, 0.4) is 0 Å². The molecule has 1 amide bonds. The van der Waals surface area contributed by atoms with Gasteiger partial charge in [0.15, 0.2) is 0 Å². The van der Waals surface area contributed by atoms with Crippen LogP contribution in [-0.4, -0.2) is 12.5 Å². The minimum atomic E-state index is 0.0750. The Balaban J connectivity index is 2.52. The van der Waals surface area contributed by atoms with E-state index in [1.807, 2.05) is 31.2 Å². The van der Waals surface area contributed by atoms with Crippen LogP contribution in [0.1, 0.15) is 24.5 Å². The molecule has 0 aliphatic heterocycles. The number of amides is 1. The molecule has 0 radical (unpaired) electrons. The van der Waals surface area contributed by atoms with E-state index in [1.165, 1.54) is 0 Å². The normalized spacial score (nSPS) is 10.0. The molecule has 1 rings (SSSR count). The van der Waals surface area contributed by atoms with Crippen molar-refractivity contribution in [3.05, 3.63) is 35.4 Å². The van der Waals surface area contributed by atoms with Crippen LogP contribution in [0, 0.1) is 0 Å². The molecule has 3 heteroatoms.